The molecule has 0 aliphatic carbocycles. The number of ether oxygens (including phenoxy) is 1. The largest absolute Gasteiger partial charge is 0.420 e. The quantitative estimate of drug-likeness (QED) is 0.165. The average molecular weight is 443 g/mol. The summed E-state index contributed by atoms with van der Waals surface area (Å²) in [6.45, 7) is 4.39. The van der Waals surface area contributed by atoms with Gasteiger partial charge in [-0.15, -0.1) is 0 Å². The molecule has 33 heavy (non-hydrogen) atoms. The Balaban J connectivity index is 1.55. The maximum Gasteiger partial charge on any atom is 0.335 e. The van der Waals surface area contributed by atoms with Crippen LogP contribution in [0.4, 0.5) is 0 Å². The van der Waals surface area contributed by atoms with Crippen LogP contribution < -0.4 is 4.74 Å². The molecule has 3 aromatic rings. The molecule has 0 radical (unpaired) electrons. The number of rotatable bonds is 12. The molecule has 0 aliphatic heterocycles. The first-order valence-electron chi connectivity index (χ1n) is 12.1. The number of benzene rings is 2. The fourth-order valence-corrected chi connectivity index (χ4v) is 3.61. The first-order chi connectivity index (χ1) is 16.2. The molecule has 0 unspecified atom stereocenters. The Morgan fingerprint density at radius 3 is 2.00 bits per heavy atom. The van der Waals surface area contributed by atoms with Crippen molar-refractivity contribution in [2.24, 2.45) is 0 Å². The van der Waals surface area contributed by atoms with Crippen LogP contribution >= 0.6 is 0 Å². The van der Waals surface area contributed by atoms with E-state index in [0.717, 1.165) is 36.8 Å². The maximum absolute atomic E-state index is 11.9. The van der Waals surface area contributed by atoms with E-state index < -0.39 is 5.97 Å². The highest BCUT2D eigenvalue weighted by atomic mass is 16.5. The zero-order valence-electron chi connectivity index (χ0n) is 19.8. The molecule has 0 aliphatic rings. The highest BCUT2D eigenvalue weighted by Gasteiger charge is 2.06. The molecule has 0 N–H and O–H groups in total. The third-order valence-electron chi connectivity index (χ3n) is 5.57. The molecular formula is C29H34N2O2. The SMILES string of the molecule is CCCCC/C=C/C(=O)Oc1cnc(-c2ccc(-c3ccc(CCCCC)cc3)cc2)nc1. The predicted octanol–water partition coefficient (Wildman–Crippen LogP) is 7.59. The van der Waals surface area contributed by atoms with Crippen molar-refractivity contribution in [1.82, 2.24) is 9.97 Å². The zero-order chi connectivity index (χ0) is 23.3. The standard InChI is InChI=1S/C29H34N2O2/c1-3-5-7-8-10-12-28(32)33-27-21-30-29(31-22-27)26-19-17-25(18-20-26)24-15-13-23(14-16-24)11-9-6-4-2/h10,12-22H,3-9,11H2,1-2H3/b12-10+. The van der Waals surface area contributed by atoms with Gasteiger partial charge in [-0.2, -0.15) is 0 Å². The van der Waals surface area contributed by atoms with Crippen molar-refractivity contribution >= 4 is 5.97 Å². The Morgan fingerprint density at radius 2 is 1.36 bits per heavy atom. The van der Waals surface area contributed by atoms with Gasteiger partial charge in [-0.05, 0) is 42.4 Å². The lowest BCUT2D eigenvalue weighted by Gasteiger charge is -2.06. The van der Waals surface area contributed by atoms with Crippen LogP contribution in [0.1, 0.15) is 64.4 Å². The van der Waals surface area contributed by atoms with Crippen LogP contribution in [0.5, 0.6) is 5.75 Å². The highest BCUT2D eigenvalue weighted by Crippen LogP contribution is 2.24. The lowest BCUT2D eigenvalue weighted by atomic mass is 10.0. The van der Waals surface area contributed by atoms with Crippen LogP contribution in [0.25, 0.3) is 22.5 Å². The maximum atomic E-state index is 11.9. The minimum absolute atomic E-state index is 0.345. The van der Waals surface area contributed by atoms with Gasteiger partial charge in [0.25, 0.3) is 0 Å². The summed E-state index contributed by atoms with van der Waals surface area (Å²) in [6.07, 6.45) is 15.6. The van der Waals surface area contributed by atoms with Crippen molar-refractivity contribution in [3.8, 4) is 28.3 Å². The lowest BCUT2D eigenvalue weighted by Crippen LogP contribution is -2.04. The first kappa shape index (κ1) is 24.4. The van der Waals surface area contributed by atoms with Crippen molar-refractivity contribution in [1.29, 1.82) is 0 Å². The second-order valence-electron chi connectivity index (χ2n) is 8.29. The third kappa shape index (κ3) is 7.98. The van der Waals surface area contributed by atoms with Gasteiger partial charge in [0.1, 0.15) is 0 Å². The van der Waals surface area contributed by atoms with E-state index in [2.05, 4.69) is 60.2 Å². The predicted molar refractivity (Wildman–Crippen MR) is 135 cm³/mol. The van der Waals surface area contributed by atoms with Crippen LogP contribution in [-0.2, 0) is 11.2 Å². The van der Waals surface area contributed by atoms with Crippen LogP contribution in [0.15, 0.2) is 73.1 Å². The molecule has 4 heteroatoms. The van der Waals surface area contributed by atoms with Crippen molar-refractivity contribution in [2.75, 3.05) is 0 Å². The van der Waals surface area contributed by atoms with Crippen molar-refractivity contribution < 1.29 is 9.53 Å². The highest BCUT2D eigenvalue weighted by molar-refractivity contribution is 5.83. The Bertz CT molecular complexity index is 1010. The molecule has 0 atom stereocenters. The molecule has 4 nitrogen and oxygen atoms in total. The summed E-state index contributed by atoms with van der Waals surface area (Å²) < 4.78 is 5.28. The summed E-state index contributed by atoms with van der Waals surface area (Å²) in [4.78, 5) is 20.6. The first-order valence-corrected chi connectivity index (χ1v) is 12.1. The van der Waals surface area contributed by atoms with E-state index >= 15 is 0 Å². The summed E-state index contributed by atoms with van der Waals surface area (Å²) in [5.41, 5.74) is 4.68. The van der Waals surface area contributed by atoms with Gasteiger partial charge in [-0.25, -0.2) is 14.8 Å². The van der Waals surface area contributed by atoms with Crippen LogP contribution in [-0.4, -0.2) is 15.9 Å². The smallest absolute Gasteiger partial charge is 0.335 e. The number of hydrogen-bond donors (Lipinski definition) is 0. The number of unbranched alkanes of at least 4 members (excludes halogenated alkanes) is 5. The van der Waals surface area contributed by atoms with Gasteiger partial charge < -0.3 is 4.74 Å². The molecular weight excluding hydrogens is 408 g/mol. The van der Waals surface area contributed by atoms with Gasteiger partial charge in [0.05, 0.1) is 12.4 Å². The van der Waals surface area contributed by atoms with Crippen LogP contribution in [0, 0.1) is 0 Å². The molecule has 0 amide bonds. The molecule has 0 spiro atoms. The van der Waals surface area contributed by atoms with E-state index in [-0.39, 0.29) is 0 Å². The van der Waals surface area contributed by atoms with E-state index in [1.165, 1.54) is 55.3 Å². The normalized spacial score (nSPS) is 11.1. The topological polar surface area (TPSA) is 52.1 Å². The molecule has 2 aromatic carbocycles. The van der Waals surface area contributed by atoms with Crippen LogP contribution in [0.2, 0.25) is 0 Å². The molecule has 0 fully saturated rings. The summed E-state index contributed by atoms with van der Waals surface area (Å²) >= 11 is 0. The average Bonchev–Trinajstić information content (AvgIpc) is 2.85. The Kier molecular flexibility index (Phi) is 9.84. The van der Waals surface area contributed by atoms with Gasteiger partial charge in [-0.1, -0.05) is 94.1 Å². The fraction of sp³-hybridized carbons (Fsp3) is 0.345. The van der Waals surface area contributed by atoms with Gasteiger partial charge in [-0.3, -0.25) is 0 Å². The number of hydrogen-bond acceptors (Lipinski definition) is 4. The number of carbonyl (C=O) groups excluding carboxylic acids is 1. The van der Waals surface area contributed by atoms with Crippen molar-refractivity contribution in [2.45, 2.75) is 65.2 Å². The number of nitrogens with zero attached hydrogens (tertiary/aromatic N) is 2. The van der Waals surface area contributed by atoms with E-state index in [1.807, 2.05) is 18.2 Å². The van der Waals surface area contributed by atoms with Gasteiger partial charge in [0, 0.05) is 11.6 Å². The van der Waals surface area contributed by atoms with Crippen molar-refractivity contribution in [3.05, 3.63) is 78.6 Å². The Hall–Kier alpha value is -3.27. The molecule has 0 saturated carbocycles. The number of esters is 1. The summed E-state index contributed by atoms with van der Waals surface area (Å²) in [5.74, 6) is 0.545. The minimum Gasteiger partial charge on any atom is -0.420 e. The third-order valence-corrected chi connectivity index (χ3v) is 5.57. The second-order valence-corrected chi connectivity index (χ2v) is 8.29. The molecule has 3 rings (SSSR count). The van der Waals surface area contributed by atoms with E-state index in [9.17, 15) is 4.79 Å². The van der Waals surface area contributed by atoms with E-state index in [4.69, 9.17) is 4.74 Å². The monoisotopic (exact) mass is 442 g/mol. The minimum atomic E-state index is -0.399. The molecule has 1 aromatic heterocycles. The number of allylic oxidation sites excluding steroid dienone is 1. The van der Waals surface area contributed by atoms with Gasteiger partial charge in [0.15, 0.2) is 11.6 Å². The number of aryl methyl sites for hydroxylation is 1. The Morgan fingerprint density at radius 1 is 0.788 bits per heavy atom. The summed E-state index contributed by atoms with van der Waals surface area (Å²) in [5, 5.41) is 0. The lowest BCUT2D eigenvalue weighted by molar-refractivity contribution is -0.129. The number of carbonyl (C=O) groups is 1. The number of aromatic nitrogens is 2. The second kappa shape index (κ2) is 13.3. The van der Waals surface area contributed by atoms with Gasteiger partial charge >= 0.3 is 5.97 Å². The van der Waals surface area contributed by atoms with Crippen LogP contribution in [0.3, 0.4) is 0 Å². The zero-order valence-corrected chi connectivity index (χ0v) is 19.8. The molecule has 0 saturated heterocycles. The summed E-state index contributed by atoms with van der Waals surface area (Å²) in [6, 6.07) is 17.0. The molecule has 0 bridgehead atoms. The summed E-state index contributed by atoms with van der Waals surface area (Å²) in [7, 11) is 0. The molecule has 172 valence electrons. The Labute approximate surface area is 197 Å². The van der Waals surface area contributed by atoms with E-state index in [1.54, 1.807) is 0 Å². The van der Waals surface area contributed by atoms with Crippen molar-refractivity contribution in [3.63, 3.8) is 0 Å². The fourth-order valence-electron chi connectivity index (χ4n) is 3.61. The molecule has 1 heterocycles. The van der Waals surface area contributed by atoms with Gasteiger partial charge in [0.2, 0.25) is 0 Å². The van der Waals surface area contributed by atoms with E-state index in [0.29, 0.717) is 11.6 Å².